The van der Waals surface area contributed by atoms with E-state index in [1.54, 1.807) is 42.5 Å². The number of hydrogen-bond acceptors (Lipinski definition) is 5. The number of hydrogen-bond donors (Lipinski definition) is 0. The van der Waals surface area contributed by atoms with Gasteiger partial charge < -0.3 is 0 Å². The Kier molecular flexibility index (Phi) is 5.55. The van der Waals surface area contributed by atoms with Gasteiger partial charge >= 0.3 is 0 Å². The van der Waals surface area contributed by atoms with E-state index in [9.17, 15) is 18.5 Å². The van der Waals surface area contributed by atoms with Gasteiger partial charge in [-0.2, -0.15) is 5.26 Å². The zero-order valence-electron chi connectivity index (χ0n) is 16.2. The molecule has 0 bridgehead atoms. The lowest BCUT2D eigenvalue weighted by Gasteiger charge is -2.09. The summed E-state index contributed by atoms with van der Waals surface area (Å²) in [6, 6.07) is 13.3. The van der Waals surface area contributed by atoms with Gasteiger partial charge in [0, 0.05) is 30.3 Å². The molecule has 0 radical (unpaired) electrons. The molecule has 0 aliphatic carbocycles. The Labute approximate surface area is 169 Å². The van der Waals surface area contributed by atoms with Gasteiger partial charge in [0.2, 0.25) is 0 Å². The van der Waals surface area contributed by atoms with Gasteiger partial charge in [0.05, 0.1) is 29.2 Å². The first-order valence-corrected chi connectivity index (χ1v) is 10.1. The maximum absolute atomic E-state index is 13.2. The van der Waals surface area contributed by atoms with E-state index < -0.39 is 15.9 Å². The Morgan fingerprint density at radius 3 is 2.52 bits per heavy atom. The second kappa shape index (κ2) is 7.91. The van der Waals surface area contributed by atoms with Crippen LogP contribution in [0, 0.1) is 18.3 Å². The molecule has 0 N–H and O–H groups in total. The number of nitrogens with zero attached hydrogens (tertiary/aromatic N) is 3. The molecule has 3 aromatic rings. The highest BCUT2D eigenvalue weighted by Crippen LogP contribution is 2.28. The summed E-state index contributed by atoms with van der Waals surface area (Å²) in [6.45, 7) is 1.88. The Morgan fingerprint density at radius 1 is 1.21 bits per heavy atom. The van der Waals surface area contributed by atoms with Gasteiger partial charge in [0.15, 0.2) is 0 Å². The van der Waals surface area contributed by atoms with Crippen LogP contribution in [0.15, 0.2) is 59.6 Å². The Bertz CT molecular complexity index is 1250. The third kappa shape index (κ3) is 3.92. The second-order valence-corrected chi connectivity index (χ2v) is 8.21. The molecule has 0 aliphatic rings. The highest BCUT2D eigenvalue weighted by atomic mass is 32.2. The Morgan fingerprint density at radius 2 is 1.90 bits per heavy atom. The zero-order valence-corrected chi connectivity index (χ0v) is 17.0. The molecule has 8 heteroatoms. The third-order valence-electron chi connectivity index (χ3n) is 4.50. The van der Waals surface area contributed by atoms with Crippen molar-refractivity contribution in [2.75, 3.05) is 14.2 Å². The van der Waals surface area contributed by atoms with Crippen LogP contribution < -0.4 is 0 Å². The SMILES string of the molecule is CON(C)C(=O)/C=C/c1cn(S(=O)(=O)c2ccc(C)cc2)c2ccc(C#N)cc12. The molecule has 1 amide bonds. The van der Waals surface area contributed by atoms with Crippen LogP contribution in [0.2, 0.25) is 0 Å². The Hall–Kier alpha value is -3.41. The third-order valence-corrected chi connectivity index (χ3v) is 6.19. The van der Waals surface area contributed by atoms with Gasteiger partial charge in [0.1, 0.15) is 0 Å². The molecule has 0 unspecified atom stereocenters. The Balaban J connectivity index is 2.19. The molecule has 0 atom stereocenters. The van der Waals surface area contributed by atoms with Crippen LogP contribution in [-0.2, 0) is 19.7 Å². The molecule has 0 fully saturated rings. The van der Waals surface area contributed by atoms with Crippen LogP contribution in [0.3, 0.4) is 0 Å². The van der Waals surface area contributed by atoms with Gasteiger partial charge in [-0.15, -0.1) is 0 Å². The van der Waals surface area contributed by atoms with E-state index in [4.69, 9.17) is 4.84 Å². The molecule has 7 nitrogen and oxygen atoms in total. The predicted octanol–water partition coefficient (Wildman–Crippen LogP) is 3.09. The van der Waals surface area contributed by atoms with Gasteiger partial charge in [-0.1, -0.05) is 17.7 Å². The van der Waals surface area contributed by atoms with Crippen molar-refractivity contribution in [2.45, 2.75) is 11.8 Å². The maximum Gasteiger partial charge on any atom is 0.269 e. The number of aromatic nitrogens is 1. The smallest absolute Gasteiger partial charge is 0.269 e. The van der Waals surface area contributed by atoms with E-state index in [2.05, 4.69) is 0 Å². The summed E-state index contributed by atoms with van der Waals surface area (Å²) < 4.78 is 27.6. The molecule has 29 heavy (non-hydrogen) atoms. The minimum absolute atomic E-state index is 0.148. The molecule has 1 aromatic heterocycles. The predicted molar refractivity (Wildman–Crippen MR) is 109 cm³/mol. The van der Waals surface area contributed by atoms with Crippen LogP contribution in [0.5, 0.6) is 0 Å². The van der Waals surface area contributed by atoms with Crippen molar-refractivity contribution in [1.29, 1.82) is 5.26 Å². The van der Waals surface area contributed by atoms with E-state index in [1.165, 1.54) is 36.5 Å². The lowest BCUT2D eigenvalue weighted by molar-refractivity contribution is -0.162. The maximum atomic E-state index is 13.2. The van der Waals surface area contributed by atoms with Crippen molar-refractivity contribution in [3.8, 4) is 6.07 Å². The fourth-order valence-electron chi connectivity index (χ4n) is 2.81. The number of fused-ring (bicyclic) bond motifs is 1. The van der Waals surface area contributed by atoms with E-state index >= 15 is 0 Å². The first-order chi connectivity index (χ1) is 13.8. The summed E-state index contributed by atoms with van der Waals surface area (Å²) in [5.74, 6) is -0.411. The first-order valence-electron chi connectivity index (χ1n) is 8.65. The quantitative estimate of drug-likeness (QED) is 0.477. The lowest BCUT2D eigenvalue weighted by Crippen LogP contribution is -2.22. The number of hydroxylamine groups is 2. The molecule has 0 saturated heterocycles. The number of aryl methyl sites for hydroxylation is 1. The van der Waals surface area contributed by atoms with E-state index in [1.807, 2.05) is 13.0 Å². The molecule has 3 rings (SSSR count). The van der Waals surface area contributed by atoms with Crippen molar-refractivity contribution >= 4 is 32.9 Å². The summed E-state index contributed by atoms with van der Waals surface area (Å²) >= 11 is 0. The highest BCUT2D eigenvalue weighted by molar-refractivity contribution is 7.90. The van der Waals surface area contributed by atoms with Crippen molar-refractivity contribution in [3.05, 3.63) is 71.4 Å². The van der Waals surface area contributed by atoms with E-state index in [0.717, 1.165) is 10.6 Å². The van der Waals surface area contributed by atoms with Gasteiger partial charge in [-0.05, 0) is 43.3 Å². The molecule has 148 valence electrons. The minimum atomic E-state index is -3.86. The standard InChI is InChI=1S/C21H19N3O4S/c1-15-4-8-18(9-5-15)29(26,27)24-14-17(7-11-21(25)23(2)28-3)19-12-16(13-22)6-10-20(19)24/h4-12,14H,1-3H3/b11-7+. The first kappa shape index (κ1) is 20.3. The molecule has 0 spiro atoms. The second-order valence-electron chi connectivity index (χ2n) is 6.39. The fourth-order valence-corrected chi connectivity index (χ4v) is 4.18. The fraction of sp³-hybridized carbons (Fsp3) is 0.143. The number of likely N-dealkylation sites (N-methyl/N-ethyl adjacent to an activating group) is 1. The van der Waals surface area contributed by atoms with Crippen molar-refractivity contribution in [1.82, 2.24) is 9.04 Å². The number of rotatable bonds is 5. The molecule has 0 saturated carbocycles. The van der Waals surface area contributed by atoms with Crippen LogP contribution in [0.1, 0.15) is 16.7 Å². The molecular weight excluding hydrogens is 390 g/mol. The number of carbonyl (C=O) groups is 1. The summed E-state index contributed by atoms with van der Waals surface area (Å²) in [5, 5.41) is 10.8. The van der Waals surface area contributed by atoms with Gasteiger partial charge in [-0.25, -0.2) is 17.5 Å². The number of carbonyl (C=O) groups excluding carboxylic acids is 1. The monoisotopic (exact) mass is 409 g/mol. The van der Waals surface area contributed by atoms with Crippen LogP contribution in [0.4, 0.5) is 0 Å². The van der Waals surface area contributed by atoms with Crippen molar-refractivity contribution < 1.29 is 18.0 Å². The van der Waals surface area contributed by atoms with E-state index in [0.29, 0.717) is 22.0 Å². The van der Waals surface area contributed by atoms with Crippen molar-refractivity contribution in [3.63, 3.8) is 0 Å². The number of benzene rings is 2. The molecule has 1 heterocycles. The largest absolute Gasteiger partial charge is 0.274 e. The van der Waals surface area contributed by atoms with Crippen molar-refractivity contribution in [2.24, 2.45) is 0 Å². The summed E-state index contributed by atoms with van der Waals surface area (Å²) in [5.41, 5.74) is 2.24. The lowest BCUT2D eigenvalue weighted by atomic mass is 10.1. The van der Waals surface area contributed by atoms with Gasteiger partial charge in [-0.3, -0.25) is 9.63 Å². The van der Waals surface area contributed by atoms with E-state index in [-0.39, 0.29) is 4.90 Å². The van der Waals surface area contributed by atoms with Gasteiger partial charge in [0.25, 0.3) is 15.9 Å². The normalized spacial score (nSPS) is 11.7. The highest BCUT2D eigenvalue weighted by Gasteiger charge is 2.21. The number of nitriles is 1. The summed E-state index contributed by atoms with van der Waals surface area (Å²) in [7, 11) is -1.03. The molecule has 2 aromatic carbocycles. The van der Waals surface area contributed by atoms with Crippen LogP contribution >= 0.6 is 0 Å². The van der Waals surface area contributed by atoms with Crippen LogP contribution in [-0.4, -0.2) is 37.5 Å². The average molecular weight is 409 g/mol. The topological polar surface area (TPSA) is 92.4 Å². The number of amides is 1. The molecular formula is C21H19N3O4S. The summed E-state index contributed by atoms with van der Waals surface area (Å²) in [4.78, 5) is 17.0. The minimum Gasteiger partial charge on any atom is -0.274 e. The average Bonchev–Trinajstić information content (AvgIpc) is 3.10. The molecule has 0 aliphatic heterocycles. The summed E-state index contributed by atoms with van der Waals surface area (Å²) in [6.07, 6.45) is 4.22. The zero-order chi connectivity index (χ0) is 21.2. The van der Waals surface area contributed by atoms with Crippen LogP contribution in [0.25, 0.3) is 17.0 Å².